The van der Waals surface area contributed by atoms with Crippen LogP contribution in [-0.2, 0) is 10.7 Å². The molecule has 1 unspecified atom stereocenters. The number of methoxy groups -OCH3 is 1. The molecule has 2 aliphatic carbocycles. The molecule has 2 saturated carbocycles. The van der Waals surface area contributed by atoms with Crippen LogP contribution in [-0.4, -0.2) is 40.2 Å². The maximum absolute atomic E-state index is 15.5. The van der Waals surface area contributed by atoms with Gasteiger partial charge in [0.2, 0.25) is 0 Å². The lowest BCUT2D eigenvalue weighted by Crippen LogP contribution is -2.35. The summed E-state index contributed by atoms with van der Waals surface area (Å²) in [6, 6.07) is 5.74. The summed E-state index contributed by atoms with van der Waals surface area (Å²) in [6.07, 6.45) is 5.16. The number of ether oxygens (including phenoxy) is 1. The van der Waals surface area contributed by atoms with Gasteiger partial charge < -0.3 is 15.8 Å². The molecule has 14 heteroatoms. The smallest absolute Gasteiger partial charge is 0.352 e. The average molecular weight is 634 g/mol. The minimum absolute atomic E-state index is 0.114. The van der Waals surface area contributed by atoms with Crippen molar-refractivity contribution in [3.63, 3.8) is 0 Å². The molecule has 2 aromatic carbocycles. The summed E-state index contributed by atoms with van der Waals surface area (Å²) in [7, 11) is 1.46. The predicted molar refractivity (Wildman–Crippen MR) is 150 cm³/mol. The van der Waals surface area contributed by atoms with Gasteiger partial charge in [0.25, 0.3) is 11.8 Å². The number of fused-ring (bicyclic) bond motifs is 1. The van der Waals surface area contributed by atoms with Crippen LogP contribution in [0.1, 0.15) is 59.3 Å². The monoisotopic (exact) mass is 633 g/mol. The maximum Gasteiger partial charge on any atom is 0.352 e. The largest absolute Gasteiger partial charge is 0.494 e. The molecule has 44 heavy (non-hydrogen) atoms. The van der Waals surface area contributed by atoms with Crippen LogP contribution in [0.25, 0.3) is 22.2 Å². The molecule has 3 N–H and O–H groups in total. The van der Waals surface area contributed by atoms with Gasteiger partial charge in [-0.15, -0.1) is 0 Å². The van der Waals surface area contributed by atoms with Crippen molar-refractivity contribution < 1.29 is 36.3 Å². The summed E-state index contributed by atoms with van der Waals surface area (Å²) < 4.78 is 81.5. The van der Waals surface area contributed by atoms with Crippen molar-refractivity contribution in [3.05, 3.63) is 75.8 Å². The summed E-state index contributed by atoms with van der Waals surface area (Å²) >= 11 is 5.66. The van der Waals surface area contributed by atoms with Gasteiger partial charge in [-0.3, -0.25) is 14.3 Å². The highest BCUT2D eigenvalue weighted by Crippen LogP contribution is 2.45. The van der Waals surface area contributed by atoms with Crippen molar-refractivity contribution in [1.82, 2.24) is 20.1 Å². The Kier molecular flexibility index (Phi) is 7.47. The summed E-state index contributed by atoms with van der Waals surface area (Å²) in [5, 5.41) is 7.05. The van der Waals surface area contributed by atoms with E-state index in [2.05, 4.69) is 15.4 Å². The van der Waals surface area contributed by atoms with E-state index in [1.165, 1.54) is 13.2 Å². The minimum Gasteiger partial charge on any atom is -0.494 e. The first kappa shape index (κ1) is 29.8. The number of nitrogens with one attached hydrogen (secondary N) is 1. The highest BCUT2D eigenvalue weighted by atomic mass is 35.5. The van der Waals surface area contributed by atoms with E-state index in [0.717, 1.165) is 25.0 Å². The van der Waals surface area contributed by atoms with Gasteiger partial charge in [-0.05, 0) is 61.9 Å². The number of benzene rings is 2. The van der Waals surface area contributed by atoms with Crippen molar-refractivity contribution in [1.29, 1.82) is 0 Å². The fraction of sp³-hybridized carbons (Fsp3) is 0.333. The van der Waals surface area contributed by atoms with Crippen LogP contribution in [0.2, 0.25) is 5.02 Å². The average Bonchev–Trinajstić information content (AvgIpc) is 3.94. The number of primary amides is 1. The molecule has 6 rings (SSSR count). The Morgan fingerprint density at radius 1 is 1.14 bits per heavy atom. The van der Waals surface area contributed by atoms with E-state index in [1.807, 2.05) is 10.9 Å². The van der Waals surface area contributed by atoms with E-state index in [9.17, 15) is 27.2 Å². The molecule has 230 valence electrons. The molecular formula is C30H25ClF5N5O3. The van der Waals surface area contributed by atoms with E-state index >= 15 is 4.39 Å². The number of hydrogen-bond donors (Lipinski definition) is 2. The number of carbonyl (C=O) groups is 2. The fourth-order valence-corrected chi connectivity index (χ4v) is 5.40. The molecule has 2 heterocycles. The standard InChI is InChI=1S/C30H25ClF5N5O3/c1-44-22-9-14(8-15-12-41(16-4-5-16)40-26(15)22)28(42)38-11-18(13-2-3-13)21-10-19(30(35,36)29(37)43)25(34)27(39-21)17-6-7-20(32)23(31)24(17)33/h6-10,12-13,16,18H,2-5,11H2,1H3,(H2,37,43)(H,38,42). The van der Waals surface area contributed by atoms with E-state index in [0.29, 0.717) is 41.6 Å². The Balaban J connectivity index is 1.36. The Morgan fingerprint density at radius 3 is 2.50 bits per heavy atom. The lowest BCUT2D eigenvalue weighted by Gasteiger charge is -2.22. The second kappa shape index (κ2) is 11.0. The van der Waals surface area contributed by atoms with Gasteiger partial charge in [0.05, 0.1) is 18.7 Å². The first-order valence-electron chi connectivity index (χ1n) is 13.8. The molecule has 2 aromatic heterocycles. The number of rotatable bonds is 10. The van der Waals surface area contributed by atoms with Gasteiger partial charge in [-0.25, -0.2) is 18.2 Å². The van der Waals surface area contributed by atoms with Crippen LogP contribution in [0.4, 0.5) is 22.0 Å². The van der Waals surface area contributed by atoms with Gasteiger partial charge in [0, 0.05) is 40.9 Å². The highest BCUT2D eigenvalue weighted by molar-refractivity contribution is 6.31. The van der Waals surface area contributed by atoms with Gasteiger partial charge in [-0.1, -0.05) is 11.6 Å². The number of alkyl halides is 2. The van der Waals surface area contributed by atoms with Crippen LogP contribution >= 0.6 is 11.6 Å². The zero-order chi connectivity index (χ0) is 31.5. The number of nitrogens with two attached hydrogens (primary N) is 1. The van der Waals surface area contributed by atoms with Gasteiger partial charge >= 0.3 is 5.92 Å². The summed E-state index contributed by atoms with van der Waals surface area (Å²) in [5.74, 6) is -11.9. The molecule has 8 nitrogen and oxygen atoms in total. The maximum atomic E-state index is 15.5. The molecule has 4 aromatic rings. The van der Waals surface area contributed by atoms with Crippen molar-refractivity contribution in [2.45, 2.75) is 43.6 Å². The molecular weight excluding hydrogens is 609 g/mol. The van der Waals surface area contributed by atoms with Crippen molar-refractivity contribution in [3.8, 4) is 17.0 Å². The van der Waals surface area contributed by atoms with E-state index < -0.39 is 62.9 Å². The third-order valence-electron chi connectivity index (χ3n) is 7.96. The van der Waals surface area contributed by atoms with Crippen LogP contribution in [0.3, 0.4) is 0 Å². The second-order valence-corrected chi connectivity index (χ2v) is 11.4. The zero-order valence-electron chi connectivity index (χ0n) is 23.1. The van der Waals surface area contributed by atoms with Crippen LogP contribution in [0.5, 0.6) is 5.75 Å². The molecule has 1 atom stereocenters. The van der Waals surface area contributed by atoms with Gasteiger partial charge in [0.15, 0.2) is 11.6 Å². The molecule has 0 aliphatic heterocycles. The molecule has 0 radical (unpaired) electrons. The predicted octanol–water partition coefficient (Wildman–Crippen LogP) is 6.01. The van der Waals surface area contributed by atoms with E-state index in [4.69, 9.17) is 22.1 Å². The van der Waals surface area contributed by atoms with Crippen LogP contribution < -0.4 is 15.8 Å². The van der Waals surface area contributed by atoms with Gasteiger partial charge in [-0.2, -0.15) is 13.9 Å². The number of aromatic nitrogens is 3. The molecule has 0 saturated heterocycles. The van der Waals surface area contributed by atoms with Crippen LogP contribution in [0.15, 0.2) is 36.5 Å². The van der Waals surface area contributed by atoms with Crippen molar-refractivity contribution >= 4 is 34.3 Å². The third-order valence-corrected chi connectivity index (χ3v) is 8.31. The molecule has 0 bridgehead atoms. The number of carbonyl (C=O) groups excluding carboxylic acids is 2. The number of pyridine rings is 1. The summed E-state index contributed by atoms with van der Waals surface area (Å²) in [6.45, 7) is -0.114. The fourth-order valence-electron chi connectivity index (χ4n) is 5.24. The number of hydrogen-bond acceptors (Lipinski definition) is 5. The van der Waals surface area contributed by atoms with E-state index in [1.54, 1.807) is 6.07 Å². The van der Waals surface area contributed by atoms with E-state index in [-0.39, 0.29) is 23.7 Å². The van der Waals surface area contributed by atoms with Gasteiger partial charge in [0.1, 0.15) is 27.8 Å². The number of amides is 2. The molecule has 2 fully saturated rings. The van der Waals surface area contributed by atoms with Crippen LogP contribution in [0, 0.1) is 23.4 Å². The Labute approximate surface area is 252 Å². The minimum atomic E-state index is -4.49. The highest BCUT2D eigenvalue weighted by Gasteiger charge is 2.44. The number of nitrogens with zero attached hydrogens (tertiary/aromatic N) is 3. The molecule has 2 aliphatic rings. The topological polar surface area (TPSA) is 112 Å². The normalized spacial score (nSPS) is 15.8. The zero-order valence-corrected chi connectivity index (χ0v) is 23.9. The summed E-state index contributed by atoms with van der Waals surface area (Å²) in [5.41, 5.74) is 2.59. The Morgan fingerprint density at radius 2 is 1.86 bits per heavy atom. The second-order valence-electron chi connectivity index (χ2n) is 11.0. The first-order valence-corrected chi connectivity index (χ1v) is 14.2. The third kappa shape index (κ3) is 5.33. The van der Waals surface area contributed by atoms with Crippen molar-refractivity contribution in [2.75, 3.05) is 13.7 Å². The quantitative estimate of drug-likeness (QED) is 0.164. The lowest BCUT2D eigenvalue weighted by molar-refractivity contribution is -0.143. The number of halogens is 6. The Hall–Kier alpha value is -4.26. The SMILES string of the molecule is COc1cc(C(=O)NCC(c2cc(C(F)(F)C(N)=O)c(F)c(-c3ccc(F)c(Cl)c3F)n2)C2CC2)cc2cn(C3CC3)nc12. The first-order chi connectivity index (χ1) is 20.9. The Bertz CT molecular complexity index is 1820. The lowest BCUT2D eigenvalue weighted by atomic mass is 9.94. The van der Waals surface area contributed by atoms with Crippen molar-refractivity contribution in [2.24, 2.45) is 11.7 Å². The molecule has 0 spiro atoms. The molecule has 2 amide bonds. The summed E-state index contributed by atoms with van der Waals surface area (Å²) in [4.78, 5) is 29.1.